The number of rotatable bonds is 6. The topological polar surface area (TPSA) is 58.4 Å². The van der Waals surface area contributed by atoms with E-state index in [1.807, 2.05) is 0 Å². The number of nitrogens with two attached hydrogens (primary N) is 1. The Hall–Kier alpha value is -1.39. The van der Waals surface area contributed by atoms with Crippen molar-refractivity contribution in [3.8, 4) is 0 Å². The van der Waals surface area contributed by atoms with E-state index in [1.54, 1.807) is 0 Å². The lowest BCUT2D eigenvalue weighted by molar-refractivity contribution is -0.121. The lowest BCUT2D eigenvalue weighted by Crippen LogP contribution is -2.29. The molecule has 0 saturated carbocycles. The molecule has 3 N–H and O–H groups in total. The van der Waals surface area contributed by atoms with Crippen LogP contribution in [0.5, 0.6) is 0 Å². The highest BCUT2D eigenvalue weighted by atomic mass is 16.2. The highest BCUT2D eigenvalue weighted by molar-refractivity contribution is 5.75. The van der Waals surface area contributed by atoms with E-state index in [2.05, 4.69) is 34.6 Å². The van der Waals surface area contributed by atoms with Crippen molar-refractivity contribution in [1.29, 1.82) is 0 Å². The van der Waals surface area contributed by atoms with Gasteiger partial charge in [0, 0.05) is 13.0 Å². The van der Waals surface area contributed by atoms with Gasteiger partial charge in [0.25, 0.3) is 0 Å². The SMILES string of the molecule is NNC(=O)CCCCCN1CCCc2ccccc2C1. The molecule has 0 aliphatic carbocycles. The number of hydrazine groups is 1. The van der Waals surface area contributed by atoms with E-state index in [-0.39, 0.29) is 5.91 Å². The molecule has 0 atom stereocenters. The maximum atomic E-state index is 11.0. The van der Waals surface area contributed by atoms with Crippen LogP contribution in [0.4, 0.5) is 0 Å². The molecule has 1 aromatic rings. The van der Waals surface area contributed by atoms with Gasteiger partial charge in [0.2, 0.25) is 5.91 Å². The Morgan fingerprint density at radius 1 is 1.20 bits per heavy atom. The Labute approximate surface area is 121 Å². The molecule has 0 fully saturated rings. The number of unbranched alkanes of at least 4 members (excludes halogenated alkanes) is 2. The minimum Gasteiger partial charge on any atom is -0.299 e. The maximum Gasteiger partial charge on any atom is 0.233 e. The van der Waals surface area contributed by atoms with Gasteiger partial charge in [0.15, 0.2) is 0 Å². The minimum atomic E-state index is -0.0614. The number of nitrogens with one attached hydrogen (secondary N) is 1. The summed E-state index contributed by atoms with van der Waals surface area (Å²) in [5.41, 5.74) is 5.16. The number of carbonyl (C=O) groups excluding carboxylic acids is 1. The summed E-state index contributed by atoms with van der Waals surface area (Å²) in [6.45, 7) is 3.37. The van der Waals surface area contributed by atoms with E-state index in [1.165, 1.54) is 30.5 Å². The fraction of sp³-hybridized carbons (Fsp3) is 0.562. The zero-order valence-corrected chi connectivity index (χ0v) is 12.1. The predicted octanol–water partition coefficient (Wildman–Crippen LogP) is 1.99. The minimum absolute atomic E-state index is 0.0614. The first-order valence-corrected chi connectivity index (χ1v) is 7.58. The van der Waals surface area contributed by atoms with Gasteiger partial charge in [-0.25, -0.2) is 5.84 Å². The average molecular weight is 275 g/mol. The molecule has 1 aliphatic rings. The molecule has 1 amide bonds. The number of fused-ring (bicyclic) bond motifs is 1. The van der Waals surface area contributed by atoms with Crippen LogP contribution in [0.15, 0.2) is 24.3 Å². The largest absolute Gasteiger partial charge is 0.299 e. The van der Waals surface area contributed by atoms with E-state index in [4.69, 9.17) is 5.84 Å². The van der Waals surface area contributed by atoms with Gasteiger partial charge in [-0.3, -0.25) is 15.1 Å². The van der Waals surface area contributed by atoms with Crippen LogP contribution >= 0.6 is 0 Å². The molecule has 1 aromatic carbocycles. The Kier molecular flexibility index (Phi) is 6.02. The molecule has 20 heavy (non-hydrogen) atoms. The van der Waals surface area contributed by atoms with Crippen LogP contribution in [-0.4, -0.2) is 23.9 Å². The van der Waals surface area contributed by atoms with Gasteiger partial charge < -0.3 is 0 Å². The van der Waals surface area contributed by atoms with Crippen LogP contribution in [0.1, 0.15) is 43.2 Å². The van der Waals surface area contributed by atoms with Crippen molar-refractivity contribution in [2.45, 2.75) is 45.1 Å². The van der Waals surface area contributed by atoms with Crippen LogP contribution in [0.25, 0.3) is 0 Å². The summed E-state index contributed by atoms with van der Waals surface area (Å²) < 4.78 is 0. The molecule has 4 nitrogen and oxygen atoms in total. The molecule has 0 unspecified atom stereocenters. The Balaban J connectivity index is 1.70. The Morgan fingerprint density at radius 2 is 2.00 bits per heavy atom. The molecular formula is C16H25N3O. The van der Waals surface area contributed by atoms with E-state index < -0.39 is 0 Å². The van der Waals surface area contributed by atoms with Crippen LogP contribution in [0.3, 0.4) is 0 Å². The summed E-state index contributed by atoms with van der Waals surface area (Å²) in [5, 5.41) is 0. The molecule has 110 valence electrons. The fourth-order valence-electron chi connectivity index (χ4n) is 2.83. The third-order valence-electron chi connectivity index (χ3n) is 3.97. The number of aryl methyl sites for hydroxylation is 1. The van der Waals surface area contributed by atoms with E-state index in [0.29, 0.717) is 6.42 Å². The van der Waals surface area contributed by atoms with E-state index >= 15 is 0 Å². The van der Waals surface area contributed by atoms with Gasteiger partial charge in [0.05, 0.1) is 0 Å². The lowest BCUT2D eigenvalue weighted by atomic mass is 10.0. The van der Waals surface area contributed by atoms with Gasteiger partial charge in [0.1, 0.15) is 0 Å². The Morgan fingerprint density at radius 3 is 2.80 bits per heavy atom. The standard InChI is InChI=1S/C16H25N3O/c17-18-16(20)10-2-1-5-11-19-12-6-9-14-7-3-4-8-15(14)13-19/h3-4,7-8H,1-2,5-6,9-13,17H2,(H,18,20). The molecule has 1 heterocycles. The molecule has 0 aromatic heterocycles. The smallest absolute Gasteiger partial charge is 0.233 e. The van der Waals surface area contributed by atoms with Crippen LogP contribution in [0.2, 0.25) is 0 Å². The van der Waals surface area contributed by atoms with Crippen LogP contribution < -0.4 is 11.3 Å². The number of amides is 1. The van der Waals surface area contributed by atoms with Gasteiger partial charge in [-0.15, -0.1) is 0 Å². The zero-order valence-electron chi connectivity index (χ0n) is 12.1. The summed E-state index contributed by atoms with van der Waals surface area (Å²) >= 11 is 0. The third kappa shape index (κ3) is 4.62. The second kappa shape index (κ2) is 8.02. The van der Waals surface area contributed by atoms with Gasteiger partial charge in [-0.05, 0) is 49.9 Å². The quantitative estimate of drug-likeness (QED) is 0.361. The fourth-order valence-corrected chi connectivity index (χ4v) is 2.83. The second-order valence-corrected chi connectivity index (χ2v) is 5.53. The first kappa shape index (κ1) is 15.0. The van der Waals surface area contributed by atoms with Crippen molar-refractivity contribution in [2.75, 3.05) is 13.1 Å². The van der Waals surface area contributed by atoms with Crippen molar-refractivity contribution in [1.82, 2.24) is 10.3 Å². The van der Waals surface area contributed by atoms with Crippen molar-refractivity contribution in [2.24, 2.45) is 5.84 Å². The summed E-state index contributed by atoms with van der Waals surface area (Å²) in [6.07, 6.45) is 6.15. The van der Waals surface area contributed by atoms with E-state index in [9.17, 15) is 4.79 Å². The summed E-state index contributed by atoms with van der Waals surface area (Å²) in [6, 6.07) is 8.77. The monoisotopic (exact) mass is 275 g/mol. The highest BCUT2D eigenvalue weighted by Gasteiger charge is 2.13. The van der Waals surface area contributed by atoms with Gasteiger partial charge >= 0.3 is 0 Å². The van der Waals surface area contributed by atoms with Crippen molar-refractivity contribution < 1.29 is 4.79 Å². The summed E-state index contributed by atoms with van der Waals surface area (Å²) in [4.78, 5) is 13.5. The molecule has 0 saturated heterocycles. The molecule has 4 heteroatoms. The first-order valence-electron chi connectivity index (χ1n) is 7.58. The Bertz CT molecular complexity index is 433. The average Bonchev–Trinajstić information content (AvgIpc) is 2.68. The van der Waals surface area contributed by atoms with Crippen molar-refractivity contribution in [3.05, 3.63) is 35.4 Å². The number of nitrogens with zero attached hydrogens (tertiary/aromatic N) is 1. The summed E-state index contributed by atoms with van der Waals surface area (Å²) in [5.74, 6) is 5.00. The molecule has 1 aliphatic heterocycles. The van der Waals surface area contributed by atoms with Crippen LogP contribution in [-0.2, 0) is 17.8 Å². The second-order valence-electron chi connectivity index (χ2n) is 5.53. The normalized spacial score (nSPS) is 15.4. The predicted molar refractivity (Wildman–Crippen MR) is 80.8 cm³/mol. The molecule has 0 radical (unpaired) electrons. The zero-order chi connectivity index (χ0) is 14.2. The van der Waals surface area contributed by atoms with Crippen molar-refractivity contribution in [3.63, 3.8) is 0 Å². The number of carbonyl (C=O) groups is 1. The first-order chi connectivity index (χ1) is 9.79. The molecule has 0 spiro atoms. The lowest BCUT2D eigenvalue weighted by Gasteiger charge is -2.20. The van der Waals surface area contributed by atoms with Crippen molar-refractivity contribution >= 4 is 5.91 Å². The molecular weight excluding hydrogens is 250 g/mol. The summed E-state index contributed by atoms with van der Waals surface area (Å²) in [7, 11) is 0. The number of benzene rings is 1. The van der Waals surface area contributed by atoms with Gasteiger partial charge in [-0.1, -0.05) is 30.7 Å². The van der Waals surface area contributed by atoms with Gasteiger partial charge in [-0.2, -0.15) is 0 Å². The number of hydrogen-bond acceptors (Lipinski definition) is 3. The van der Waals surface area contributed by atoms with E-state index in [0.717, 1.165) is 32.4 Å². The molecule has 0 bridgehead atoms. The molecule has 2 rings (SSSR count). The maximum absolute atomic E-state index is 11.0. The number of hydrogen-bond donors (Lipinski definition) is 2. The van der Waals surface area contributed by atoms with Crippen LogP contribution in [0, 0.1) is 0 Å². The highest BCUT2D eigenvalue weighted by Crippen LogP contribution is 2.18. The third-order valence-corrected chi connectivity index (χ3v) is 3.97.